The van der Waals surface area contributed by atoms with Crippen LogP contribution in [0.1, 0.15) is 22.3 Å². The molecule has 2 aromatic carbocycles. The molecular formula is C24H19ClN4O4S. The lowest BCUT2D eigenvalue weighted by atomic mass is 10.1. The molecule has 34 heavy (non-hydrogen) atoms. The molecule has 5 rings (SSSR count). The Bertz CT molecular complexity index is 1440. The lowest BCUT2D eigenvalue weighted by Crippen LogP contribution is -2.47. The summed E-state index contributed by atoms with van der Waals surface area (Å²) in [6.07, 6.45) is -1.08. The van der Waals surface area contributed by atoms with Gasteiger partial charge in [-0.15, -0.1) is 11.3 Å². The van der Waals surface area contributed by atoms with E-state index >= 15 is 0 Å². The molecule has 4 aromatic rings. The van der Waals surface area contributed by atoms with Crippen molar-refractivity contribution in [2.45, 2.75) is 20.0 Å². The van der Waals surface area contributed by atoms with Gasteiger partial charge in [0.2, 0.25) is 5.91 Å². The number of anilines is 2. The number of nitrogens with one attached hydrogen (secondary N) is 1. The molecule has 0 spiro atoms. The highest BCUT2D eigenvalue weighted by Gasteiger charge is 2.32. The summed E-state index contributed by atoms with van der Waals surface area (Å²) in [5.74, 6) is -1.39. The van der Waals surface area contributed by atoms with E-state index in [2.05, 4.69) is 10.4 Å². The molecule has 2 amide bonds. The van der Waals surface area contributed by atoms with Crippen LogP contribution in [0.2, 0.25) is 5.02 Å². The van der Waals surface area contributed by atoms with Crippen molar-refractivity contribution in [2.75, 3.05) is 16.8 Å². The zero-order valence-corrected chi connectivity index (χ0v) is 19.8. The average Bonchev–Trinajstić information content (AvgIpc) is 3.39. The quantitative estimate of drug-likeness (QED) is 0.419. The van der Waals surface area contributed by atoms with Crippen LogP contribution >= 0.6 is 22.9 Å². The molecule has 0 saturated carbocycles. The molecule has 1 N–H and O–H groups in total. The molecule has 0 aliphatic carbocycles. The highest BCUT2D eigenvalue weighted by Crippen LogP contribution is 2.32. The van der Waals surface area contributed by atoms with Crippen molar-refractivity contribution in [2.24, 2.45) is 0 Å². The Morgan fingerprint density at radius 2 is 1.91 bits per heavy atom. The van der Waals surface area contributed by atoms with Crippen LogP contribution in [0, 0.1) is 6.92 Å². The first kappa shape index (κ1) is 22.1. The Hall–Kier alpha value is -3.69. The van der Waals surface area contributed by atoms with Crippen LogP contribution in [0.3, 0.4) is 0 Å². The third kappa shape index (κ3) is 3.93. The number of hydrogen-bond acceptors (Lipinski definition) is 6. The Kier molecular flexibility index (Phi) is 5.59. The standard InChI is InChI=1S/C24H19ClN4O4S/c1-13-17-11-20(34-23(17)29(27-13)16-9-7-15(25)8-10-16)24(32)33-14(2)22(31)28-12-21(30)26-18-5-3-4-6-19(18)28/h3-11,14H,12H2,1-2H3,(H,26,30). The van der Waals surface area contributed by atoms with Crippen molar-refractivity contribution in [1.29, 1.82) is 0 Å². The number of aryl methyl sites for hydroxylation is 1. The van der Waals surface area contributed by atoms with E-state index in [0.717, 1.165) is 21.6 Å². The van der Waals surface area contributed by atoms with Crippen LogP contribution in [0.4, 0.5) is 11.4 Å². The van der Waals surface area contributed by atoms with E-state index in [0.29, 0.717) is 21.3 Å². The number of rotatable bonds is 4. The van der Waals surface area contributed by atoms with Gasteiger partial charge in [0, 0.05) is 10.4 Å². The molecule has 1 aliphatic heterocycles. The molecule has 8 nitrogen and oxygen atoms in total. The van der Waals surface area contributed by atoms with Crippen molar-refractivity contribution in [3.05, 3.63) is 70.2 Å². The van der Waals surface area contributed by atoms with E-state index in [9.17, 15) is 14.4 Å². The minimum atomic E-state index is -1.08. The highest BCUT2D eigenvalue weighted by molar-refractivity contribution is 7.20. The van der Waals surface area contributed by atoms with Gasteiger partial charge in [-0.3, -0.25) is 14.5 Å². The van der Waals surface area contributed by atoms with Gasteiger partial charge in [0.05, 0.1) is 22.8 Å². The maximum Gasteiger partial charge on any atom is 0.349 e. The van der Waals surface area contributed by atoms with Gasteiger partial charge in [0.15, 0.2) is 6.10 Å². The van der Waals surface area contributed by atoms with Gasteiger partial charge in [-0.25, -0.2) is 9.48 Å². The van der Waals surface area contributed by atoms with Crippen LogP contribution in [-0.2, 0) is 14.3 Å². The lowest BCUT2D eigenvalue weighted by molar-refractivity contribution is -0.128. The maximum absolute atomic E-state index is 13.1. The molecule has 1 atom stereocenters. The summed E-state index contributed by atoms with van der Waals surface area (Å²) in [7, 11) is 0. The number of halogens is 1. The summed E-state index contributed by atoms with van der Waals surface area (Å²) in [6.45, 7) is 3.22. The zero-order valence-electron chi connectivity index (χ0n) is 18.2. The van der Waals surface area contributed by atoms with E-state index in [-0.39, 0.29) is 12.5 Å². The summed E-state index contributed by atoms with van der Waals surface area (Å²) in [5.41, 5.74) is 2.68. The van der Waals surface area contributed by atoms with Gasteiger partial charge in [0.1, 0.15) is 16.3 Å². The number of fused-ring (bicyclic) bond motifs is 2. The monoisotopic (exact) mass is 494 g/mol. The number of carbonyl (C=O) groups excluding carboxylic acids is 3. The second-order valence-corrected chi connectivity index (χ2v) is 9.31. The van der Waals surface area contributed by atoms with Crippen LogP contribution < -0.4 is 10.2 Å². The van der Waals surface area contributed by atoms with E-state index < -0.39 is 18.0 Å². The number of esters is 1. The molecule has 0 fully saturated rings. The molecule has 3 heterocycles. The van der Waals surface area contributed by atoms with Crippen LogP contribution in [0.15, 0.2) is 54.6 Å². The molecular weight excluding hydrogens is 476 g/mol. The number of carbonyl (C=O) groups is 3. The minimum Gasteiger partial charge on any atom is -0.448 e. The first-order chi connectivity index (χ1) is 16.3. The maximum atomic E-state index is 13.1. The number of nitrogens with zero attached hydrogens (tertiary/aromatic N) is 3. The Morgan fingerprint density at radius 1 is 1.18 bits per heavy atom. The van der Waals surface area contributed by atoms with Crippen molar-refractivity contribution in [1.82, 2.24) is 9.78 Å². The first-order valence-electron chi connectivity index (χ1n) is 10.5. The first-order valence-corrected chi connectivity index (χ1v) is 11.7. The second kappa shape index (κ2) is 8.58. The normalized spacial score (nSPS) is 14.0. The van der Waals surface area contributed by atoms with E-state index in [4.69, 9.17) is 16.3 Å². The number of hydrogen-bond donors (Lipinski definition) is 1. The fraction of sp³-hybridized carbons (Fsp3) is 0.167. The minimum absolute atomic E-state index is 0.142. The van der Waals surface area contributed by atoms with Gasteiger partial charge in [-0.2, -0.15) is 5.10 Å². The predicted octanol–water partition coefficient (Wildman–Crippen LogP) is 4.58. The van der Waals surface area contributed by atoms with Crippen molar-refractivity contribution in [3.63, 3.8) is 0 Å². The lowest BCUT2D eigenvalue weighted by Gasteiger charge is -2.30. The third-order valence-corrected chi connectivity index (χ3v) is 6.83. The summed E-state index contributed by atoms with van der Waals surface area (Å²) >= 11 is 7.23. The molecule has 2 aromatic heterocycles. The van der Waals surface area contributed by atoms with Gasteiger partial charge in [-0.1, -0.05) is 23.7 Å². The van der Waals surface area contributed by atoms with Crippen LogP contribution in [-0.4, -0.2) is 40.2 Å². The summed E-state index contributed by atoms with van der Waals surface area (Å²) in [5, 5.41) is 8.74. The SMILES string of the molecule is Cc1nn(-c2ccc(Cl)cc2)c2sc(C(=O)OC(C)C(=O)N3CC(=O)Nc4ccccc43)cc12. The Labute approximate surface area is 203 Å². The fourth-order valence-electron chi connectivity index (χ4n) is 3.82. The second-order valence-electron chi connectivity index (χ2n) is 7.84. The number of benzene rings is 2. The average molecular weight is 495 g/mol. The molecule has 10 heteroatoms. The molecule has 0 bridgehead atoms. The smallest absolute Gasteiger partial charge is 0.349 e. The number of para-hydroxylation sites is 2. The van der Waals surface area contributed by atoms with Gasteiger partial charge < -0.3 is 10.1 Å². The van der Waals surface area contributed by atoms with Crippen molar-refractivity contribution >= 4 is 62.3 Å². The molecule has 1 aliphatic rings. The van der Waals surface area contributed by atoms with Gasteiger partial charge in [0.25, 0.3) is 5.91 Å². The number of ether oxygens (including phenoxy) is 1. The fourth-order valence-corrected chi connectivity index (χ4v) is 5.02. The molecule has 1 unspecified atom stereocenters. The van der Waals surface area contributed by atoms with Crippen molar-refractivity contribution in [3.8, 4) is 5.69 Å². The number of amides is 2. The summed E-state index contributed by atoms with van der Waals surface area (Å²) < 4.78 is 7.25. The van der Waals surface area contributed by atoms with E-state index in [1.54, 1.807) is 47.1 Å². The Morgan fingerprint density at radius 3 is 2.68 bits per heavy atom. The van der Waals surface area contributed by atoms with Crippen LogP contribution in [0.25, 0.3) is 15.9 Å². The summed E-state index contributed by atoms with van der Waals surface area (Å²) in [4.78, 5) is 40.5. The molecule has 0 saturated heterocycles. The van der Waals surface area contributed by atoms with Crippen molar-refractivity contribution < 1.29 is 19.1 Å². The number of thiophene rings is 1. The van der Waals surface area contributed by atoms with Crippen LogP contribution in [0.5, 0.6) is 0 Å². The summed E-state index contributed by atoms with van der Waals surface area (Å²) in [6, 6.07) is 16.0. The predicted molar refractivity (Wildman–Crippen MR) is 131 cm³/mol. The van der Waals surface area contributed by atoms with E-state index in [1.165, 1.54) is 23.2 Å². The third-order valence-electron chi connectivity index (χ3n) is 5.49. The van der Waals surface area contributed by atoms with Gasteiger partial charge in [-0.05, 0) is 56.3 Å². The number of aromatic nitrogens is 2. The van der Waals surface area contributed by atoms with Gasteiger partial charge >= 0.3 is 5.97 Å². The van der Waals surface area contributed by atoms with E-state index in [1.807, 2.05) is 19.1 Å². The molecule has 0 radical (unpaired) electrons. The Balaban J connectivity index is 1.38. The largest absolute Gasteiger partial charge is 0.448 e. The highest BCUT2D eigenvalue weighted by atomic mass is 35.5. The zero-order chi connectivity index (χ0) is 24.0. The molecule has 172 valence electrons. The topological polar surface area (TPSA) is 93.5 Å².